The van der Waals surface area contributed by atoms with Gasteiger partial charge in [0, 0.05) is 49.7 Å². The molecule has 3 N–H and O–H groups in total. The van der Waals surface area contributed by atoms with Crippen LogP contribution in [0.15, 0.2) is 42.5 Å². The molecular weight excluding hydrogens is 442 g/mol. The first kappa shape index (κ1) is 23.5. The molecule has 166 valence electrons. The van der Waals surface area contributed by atoms with Crippen molar-refractivity contribution >= 4 is 35.0 Å². The van der Waals surface area contributed by atoms with Gasteiger partial charge in [0.2, 0.25) is 11.8 Å². The third-order valence-electron chi connectivity index (χ3n) is 5.25. The largest absolute Gasteiger partial charge is 0.357 e. The SMILES string of the molecule is CNC(=O)[C@@H](Cc1cccc(F)c1)NC(=O)C1CNCCN1Cc1ccc(Cl)cc1Cl. The zero-order valence-corrected chi connectivity index (χ0v) is 18.6. The van der Waals surface area contributed by atoms with E-state index >= 15 is 0 Å². The smallest absolute Gasteiger partial charge is 0.242 e. The molecule has 0 saturated carbocycles. The summed E-state index contributed by atoms with van der Waals surface area (Å²) in [5.74, 6) is -1.00. The van der Waals surface area contributed by atoms with E-state index in [9.17, 15) is 14.0 Å². The third kappa shape index (κ3) is 6.40. The second-order valence-corrected chi connectivity index (χ2v) is 8.28. The molecule has 1 heterocycles. The average molecular weight is 467 g/mol. The summed E-state index contributed by atoms with van der Waals surface area (Å²) in [6.07, 6.45) is 0.187. The van der Waals surface area contributed by atoms with Gasteiger partial charge in [0.1, 0.15) is 17.9 Å². The Bertz CT molecular complexity index is 943. The van der Waals surface area contributed by atoms with Crippen molar-refractivity contribution in [3.05, 3.63) is 69.5 Å². The van der Waals surface area contributed by atoms with Crippen molar-refractivity contribution in [2.75, 3.05) is 26.7 Å². The zero-order chi connectivity index (χ0) is 22.4. The molecule has 6 nitrogen and oxygen atoms in total. The van der Waals surface area contributed by atoms with Crippen LogP contribution in [0.3, 0.4) is 0 Å². The van der Waals surface area contributed by atoms with Gasteiger partial charge >= 0.3 is 0 Å². The first-order valence-electron chi connectivity index (χ1n) is 10.0. The van der Waals surface area contributed by atoms with Gasteiger partial charge in [-0.25, -0.2) is 4.39 Å². The fraction of sp³-hybridized carbons (Fsp3) is 0.364. The minimum Gasteiger partial charge on any atom is -0.357 e. The van der Waals surface area contributed by atoms with E-state index in [0.29, 0.717) is 35.2 Å². The number of carbonyl (C=O) groups is 2. The number of amides is 2. The predicted molar refractivity (Wildman–Crippen MR) is 120 cm³/mol. The molecule has 1 saturated heterocycles. The van der Waals surface area contributed by atoms with Crippen molar-refractivity contribution < 1.29 is 14.0 Å². The van der Waals surface area contributed by atoms with Gasteiger partial charge in [0.15, 0.2) is 0 Å². The summed E-state index contributed by atoms with van der Waals surface area (Å²) < 4.78 is 13.5. The molecule has 1 fully saturated rings. The van der Waals surface area contributed by atoms with Gasteiger partial charge in [-0.1, -0.05) is 41.4 Å². The number of halogens is 3. The summed E-state index contributed by atoms with van der Waals surface area (Å²) in [4.78, 5) is 27.5. The summed E-state index contributed by atoms with van der Waals surface area (Å²) in [7, 11) is 1.50. The summed E-state index contributed by atoms with van der Waals surface area (Å²) in [6.45, 7) is 2.30. The van der Waals surface area contributed by atoms with Crippen LogP contribution in [0.1, 0.15) is 11.1 Å². The molecule has 0 radical (unpaired) electrons. The van der Waals surface area contributed by atoms with Gasteiger partial charge in [-0.2, -0.15) is 0 Å². The van der Waals surface area contributed by atoms with E-state index in [2.05, 4.69) is 16.0 Å². The maximum absolute atomic E-state index is 13.5. The Morgan fingerprint density at radius 3 is 2.77 bits per heavy atom. The number of nitrogens with zero attached hydrogens (tertiary/aromatic N) is 1. The lowest BCUT2D eigenvalue weighted by Crippen LogP contribution is -2.60. The Balaban J connectivity index is 1.73. The van der Waals surface area contributed by atoms with Crippen LogP contribution in [0.5, 0.6) is 0 Å². The molecule has 1 unspecified atom stereocenters. The normalized spacial score (nSPS) is 17.7. The molecule has 1 aliphatic heterocycles. The summed E-state index contributed by atoms with van der Waals surface area (Å²) in [5.41, 5.74) is 1.49. The summed E-state index contributed by atoms with van der Waals surface area (Å²) in [5, 5.41) is 9.71. The topological polar surface area (TPSA) is 73.5 Å². The van der Waals surface area contributed by atoms with Gasteiger partial charge in [0.25, 0.3) is 0 Å². The molecule has 2 aromatic carbocycles. The molecule has 1 aliphatic rings. The Morgan fingerprint density at radius 1 is 1.26 bits per heavy atom. The fourth-order valence-electron chi connectivity index (χ4n) is 3.61. The van der Waals surface area contributed by atoms with Gasteiger partial charge in [-0.15, -0.1) is 0 Å². The van der Waals surface area contributed by atoms with E-state index in [-0.39, 0.29) is 24.1 Å². The first-order chi connectivity index (χ1) is 14.9. The van der Waals surface area contributed by atoms with Crippen LogP contribution >= 0.6 is 23.2 Å². The quantitative estimate of drug-likeness (QED) is 0.585. The molecule has 2 aromatic rings. The highest BCUT2D eigenvalue weighted by atomic mass is 35.5. The maximum atomic E-state index is 13.5. The second kappa shape index (κ2) is 10.9. The lowest BCUT2D eigenvalue weighted by molar-refractivity contribution is -0.132. The van der Waals surface area contributed by atoms with Crippen LogP contribution in [0, 0.1) is 5.82 Å². The highest BCUT2D eigenvalue weighted by molar-refractivity contribution is 6.35. The number of hydrogen-bond donors (Lipinski definition) is 3. The van der Waals surface area contributed by atoms with Crippen LogP contribution in [0.25, 0.3) is 0 Å². The van der Waals surface area contributed by atoms with E-state index in [1.54, 1.807) is 24.3 Å². The number of nitrogens with one attached hydrogen (secondary N) is 3. The molecule has 2 amide bonds. The number of likely N-dealkylation sites (N-methyl/N-ethyl adjacent to an activating group) is 1. The highest BCUT2D eigenvalue weighted by Gasteiger charge is 2.31. The Labute approximate surface area is 191 Å². The van der Waals surface area contributed by atoms with Crippen molar-refractivity contribution in [1.29, 1.82) is 0 Å². The zero-order valence-electron chi connectivity index (χ0n) is 17.1. The summed E-state index contributed by atoms with van der Waals surface area (Å²) in [6, 6.07) is 9.99. The van der Waals surface area contributed by atoms with E-state index in [0.717, 1.165) is 12.1 Å². The maximum Gasteiger partial charge on any atom is 0.242 e. The van der Waals surface area contributed by atoms with Crippen molar-refractivity contribution in [2.24, 2.45) is 0 Å². The standard InChI is InChI=1S/C22H25Cl2FN4O2/c1-26-21(30)19(10-14-3-2-4-17(25)9-14)28-22(31)20-12-27-7-8-29(20)13-15-5-6-16(23)11-18(15)24/h2-6,9,11,19-20,27H,7-8,10,12-13H2,1H3,(H,26,30)(H,28,31)/t19-,20?/m1/s1. The lowest BCUT2D eigenvalue weighted by atomic mass is 10.0. The van der Waals surface area contributed by atoms with E-state index < -0.39 is 12.1 Å². The number of rotatable bonds is 7. The van der Waals surface area contributed by atoms with Crippen molar-refractivity contribution in [1.82, 2.24) is 20.9 Å². The van der Waals surface area contributed by atoms with E-state index in [4.69, 9.17) is 23.2 Å². The molecule has 31 heavy (non-hydrogen) atoms. The predicted octanol–water partition coefficient (Wildman–Crippen LogP) is 2.38. The van der Waals surface area contributed by atoms with Crippen molar-refractivity contribution in [3.8, 4) is 0 Å². The van der Waals surface area contributed by atoms with Crippen molar-refractivity contribution in [2.45, 2.75) is 25.0 Å². The van der Waals surface area contributed by atoms with Gasteiger partial charge in [-0.05, 0) is 35.4 Å². The molecule has 2 atom stereocenters. The molecule has 0 aromatic heterocycles. The number of piperazine rings is 1. The second-order valence-electron chi connectivity index (χ2n) is 7.44. The minimum absolute atomic E-state index is 0.187. The monoisotopic (exact) mass is 466 g/mol. The molecular formula is C22H25Cl2FN4O2. The van der Waals surface area contributed by atoms with E-state index in [1.807, 2.05) is 11.0 Å². The van der Waals surface area contributed by atoms with Crippen LogP contribution in [-0.2, 0) is 22.6 Å². The van der Waals surface area contributed by atoms with Gasteiger partial charge < -0.3 is 16.0 Å². The van der Waals surface area contributed by atoms with Crippen LogP contribution < -0.4 is 16.0 Å². The van der Waals surface area contributed by atoms with Crippen molar-refractivity contribution in [3.63, 3.8) is 0 Å². The molecule has 0 aliphatic carbocycles. The Kier molecular flexibility index (Phi) is 8.26. The molecule has 0 bridgehead atoms. The number of benzene rings is 2. The minimum atomic E-state index is -0.817. The summed E-state index contributed by atoms with van der Waals surface area (Å²) >= 11 is 12.3. The van der Waals surface area contributed by atoms with Crippen LogP contribution in [0.4, 0.5) is 4.39 Å². The number of carbonyl (C=O) groups excluding carboxylic acids is 2. The Morgan fingerprint density at radius 2 is 2.06 bits per heavy atom. The highest BCUT2D eigenvalue weighted by Crippen LogP contribution is 2.23. The van der Waals surface area contributed by atoms with E-state index in [1.165, 1.54) is 19.2 Å². The average Bonchev–Trinajstić information content (AvgIpc) is 2.75. The van der Waals surface area contributed by atoms with Gasteiger partial charge in [0.05, 0.1) is 0 Å². The van der Waals surface area contributed by atoms with Crippen LogP contribution in [-0.4, -0.2) is 55.5 Å². The third-order valence-corrected chi connectivity index (χ3v) is 5.84. The molecule has 9 heteroatoms. The van der Waals surface area contributed by atoms with Crippen LogP contribution in [0.2, 0.25) is 10.0 Å². The van der Waals surface area contributed by atoms with Gasteiger partial charge in [-0.3, -0.25) is 14.5 Å². The fourth-order valence-corrected chi connectivity index (χ4v) is 4.08. The number of hydrogen-bond acceptors (Lipinski definition) is 4. The molecule has 3 rings (SSSR count). The first-order valence-corrected chi connectivity index (χ1v) is 10.8. The lowest BCUT2D eigenvalue weighted by Gasteiger charge is -2.36. The Hall–Kier alpha value is -2.19. The molecule has 0 spiro atoms.